The lowest BCUT2D eigenvalue weighted by atomic mass is 10.2. The number of benzene rings is 1. The molecule has 0 bridgehead atoms. The van der Waals surface area contributed by atoms with E-state index in [4.69, 9.17) is 0 Å². The maximum atomic E-state index is 11.6. The van der Waals surface area contributed by atoms with E-state index in [-0.39, 0.29) is 5.69 Å². The zero-order chi connectivity index (χ0) is 13.3. The summed E-state index contributed by atoms with van der Waals surface area (Å²) in [7, 11) is 0. The van der Waals surface area contributed by atoms with Crippen LogP contribution in [0.15, 0.2) is 40.1 Å². The van der Waals surface area contributed by atoms with Gasteiger partial charge in [0.1, 0.15) is 0 Å². The number of nitrogens with one attached hydrogen (secondary N) is 1. The average molecular weight is 247 g/mol. The Kier molecular flexibility index (Phi) is 2.80. The van der Waals surface area contributed by atoms with Crippen molar-refractivity contribution in [1.82, 2.24) is 9.55 Å². The third kappa shape index (κ3) is 2.05. The molecule has 1 N–H and O–H groups in total. The van der Waals surface area contributed by atoms with Gasteiger partial charge in [0.05, 0.1) is 10.6 Å². The van der Waals surface area contributed by atoms with E-state index in [1.165, 1.54) is 35.0 Å². The van der Waals surface area contributed by atoms with E-state index in [2.05, 4.69) is 4.98 Å². The van der Waals surface area contributed by atoms with E-state index in [9.17, 15) is 19.7 Å². The standard InChI is InChI=1S/C11H9N3O4/c1-7-6-13(11(16)12-10(7)15)8-2-4-9(5-3-8)14(17)18/h2-6H,1H3,(H,12,15,16). The van der Waals surface area contributed by atoms with Gasteiger partial charge in [-0.15, -0.1) is 0 Å². The van der Waals surface area contributed by atoms with Crippen molar-refractivity contribution in [2.45, 2.75) is 6.92 Å². The normalized spacial score (nSPS) is 10.3. The molecule has 1 aromatic heterocycles. The molecule has 1 aromatic carbocycles. The predicted molar refractivity (Wildman–Crippen MR) is 64.1 cm³/mol. The van der Waals surface area contributed by atoms with Gasteiger partial charge in [-0.25, -0.2) is 4.79 Å². The molecular weight excluding hydrogens is 238 g/mol. The van der Waals surface area contributed by atoms with Crippen molar-refractivity contribution in [1.29, 1.82) is 0 Å². The van der Waals surface area contributed by atoms with Crippen LogP contribution in [0, 0.1) is 17.0 Å². The molecule has 7 nitrogen and oxygen atoms in total. The fraction of sp³-hybridized carbons (Fsp3) is 0.0909. The van der Waals surface area contributed by atoms with Gasteiger partial charge in [0.2, 0.25) is 0 Å². The van der Waals surface area contributed by atoms with Crippen molar-refractivity contribution in [2.24, 2.45) is 0 Å². The molecule has 0 aliphatic rings. The first-order valence-electron chi connectivity index (χ1n) is 5.06. The van der Waals surface area contributed by atoms with Gasteiger partial charge >= 0.3 is 5.69 Å². The number of hydrogen-bond donors (Lipinski definition) is 1. The van der Waals surface area contributed by atoms with E-state index in [1.807, 2.05) is 0 Å². The van der Waals surface area contributed by atoms with Gasteiger partial charge in [-0.1, -0.05) is 0 Å². The molecular formula is C11H9N3O4. The second-order valence-electron chi connectivity index (χ2n) is 3.71. The number of hydrogen-bond acceptors (Lipinski definition) is 4. The summed E-state index contributed by atoms with van der Waals surface area (Å²) in [4.78, 5) is 34.9. The van der Waals surface area contributed by atoms with Crippen LogP contribution in [0.5, 0.6) is 0 Å². The van der Waals surface area contributed by atoms with Gasteiger partial charge in [-0.3, -0.25) is 24.5 Å². The molecule has 0 aliphatic carbocycles. The summed E-state index contributed by atoms with van der Waals surface area (Å²) in [5.74, 6) is 0. The number of aromatic amines is 1. The Labute approximate surface area is 100 Å². The molecule has 0 amide bonds. The summed E-state index contributed by atoms with van der Waals surface area (Å²) in [5.41, 5.74) is -0.261. The zero-order valence-electron chi connectivity index (χ0n) is 9.41. The highest BCUT2D eigenvalue weighted by Crippen LogP contribution is 2.13. The molecule has 92 valence electrons. The van der Waals surface area contributed by atoms with E-state index in [0.29, 0.717) is 11.3 Å². The number of nitrogens with zero attached hydrogens (tertiary/aromatic N) is 2. The van der Waals surface area contributed by atoms with Crippen LogP contribution in [0.4, 0.5) is 5.69 Å². The van der Waals surface area contributed by atoms with Crippen molar-refractivity contribution < 1.29 is 4.92 Å². The molecule has 0 aliphatic heterocycles. The van der Waals surface area contributed by atoms with Crippen LogP contribution in [0.2, 0.25) is 0 Å². The van der Waals surface area contributed by atoms with Crippen molar-refractivity contribution in [3.63, 3.8) is 0 Å². The van der Waals surface area contributed by atoms with Crippen molar-refractivity contribution in [3.05, 3.63) is 67.0 Å². The lowest BCUT2D eigenvalue weighted by Crippen LogP contribution is -2.29. The summed E-state index contributed by atoms with van der Waals surface area (Å²) >= 11 is 0. The molecule has 0 atom stereocenters. The number of nitro benzene ring substituents is 1. The van der Waals surface area contributed by atoms with Crippen LogP contribution < -0.4 is 11.2 Å². The molecule has 1 heterocycles. The first kappa shape index (κ1) is 11.8. The van der Waals surface area contributed by atoms with Crippen LogP contribution in [-0.2, 0) is 0 Å². The second-order valence-corrected chi connectivity index (χ2v) is 3.71. The Balaban J connectivity index is 2.56. The Morgan fingerprint density at radius 1 is 1.22 bits per heavy atom. The maximum Gasteiger partial charge on any atom is 0.332 e. The Hall–Kier alpha value is -2.70. The van der Waals surface area contributed by atoms with E-state index < -0.39 is 16.2 Å². The zero-order valence-corrected chi connectivity index (χ0v) is 9.41. The first-order chi connectivity index (χ1) is 8.49. The van der Waals surface area contributed by atoms with E-state index in [1.54, 1.807) is 6.92 Å². The molecule has 0 saturated heterocycles. The topological polar surface area (TPSA) is 98.0 Å². The molecule has 2 rings (SSSR count). The molecule has 2 aromatic rings. The van der Waals surface area contributed by atoms with Crippen LogP contribution in [0.25, 0.3) is 5.69 Å². The number of rotatable bonds is 2. The highest BCUT2D eigenvalue weighted by molar-refractivity contribution is 5.40. The minimum absolute atomic E-state index is 0.0621. The molecule has 0 saturated carbocycles. The van der Waals surface area contributed by atoms with Gasteiger partial charge in [-0.05, 0) is 19.1 Å². The van der Waals surface area contributed by atoms with Gasteiger partial charge in [-0.2, -0.15) is 0 Å². The fourth-order valence-corrected chi connectivity index (χ4v) is 1.49. The predicted octanol–water partition coefficient (Wildman–Crippen LogP) is 0.742. The first-order valence-corrected chi connectivity index (χ1v) is 5.06. The monoisotopic (exact) mass is 247 g/mol. The molecule has 7 heteroatoms. The van der Waals surface area contributed by atoms with Crippen molar-refractivity contribution >= 4 is 5.69 Å². The SMILES string of the molecule is Cc1cn(-c2ccc([N+](=O)[O-])cc2)c(=O)[nH]c1=O. The molecule has 0 fully saturated rings. The van der Waals surface area contributed by atoms with Crippen LogP contribution in [0.3, 0.4) is 0 Å². The molecule has 0 radical (unpaired) electrons. The third-order valence-corrected chi connectivity index (χ3v) is 2.46. The summed E-state index contributed by atoms with van der Waals surface area (Å²) < 4.78 is 1.22. The summed E-state index contributed by atoms with van der Waals surface area (Å²) in [5, 5.41) is 10.5. The minimum Gasteiger partial charge on any atom is -0.273 e. The maximum absolute atomic E-state index is 11.6. The van der Waals surface area contributed by atoms with Crippen molar-refractivity contribution in [3.8, 4) is 5.69 Å². The summed E-state index contributed by atoms with van der Waals surface area (Å²) in [6.45, 7) is 1.57. The van der Waals surface area contributed by atoms with Gasteiger partial charge in [0, 0.05) is 23.9 Å². The molecule has 0 unspecified atom stereocenters. The number of aryl methyl sites for hydroxylation is 1. The molecule has 0 spiro atoms. The minimum atomic E-state index is -0.584. The quantitative estimate of drug-likeness (QED) is 0.625. The largest absolute Gasteiger partial charge is 0.332 e. The highest BCUT2D eigenvalue weighted by atomic mass is 16.6. The number of non-ortho nitro benzene ring substituents is 1. The van der Waals surface area contributed by atoms with Crippen molar-refractivity contribution in [2.75, 3.05) is 0 Å². The number of H-pyrrole nitrogens is 1. The van der Waals surface area contributed by atoms with Crippen LogP contribution in [-0.4, -0.2) is 14.5 Å². The lowest BCUT2D eigenvalue weighted by Gasteiger charge is -2.05. The van der Waals surface area contributed by atoms with Gasteiger partial charge < -0.3 is 0 Å². The van der Waals surface area contributed by atoms with Gasteiger partial charge in [0.15, 0.2) is 0 Å². The fourth-order valence-electron chi connectivity index (χ4n) is 1.49. The summed E-state index contributed by atoms with van der Waals surface area (Å²) in [6, 6.07) is 5.47. The van der Waals surface area contributed by atoms with Crippen LogP contribution >= 0.6 is 0 Å². The smallest absolute Gasteiger partial charge is 0.273 e. The average Bonchev–Trinajstić information content (AvgIpc) is 2.34. The Morgan fingerprint density at radius 2 is 1.83 bits per heavy atom. The number of aromatic nitrogens is 2. The molecule has 18 heavy (non-hydrogen) atoms. The van der Waals surface area contributed by atoms with Crippen LogP contribution in [0.1, 0.15) is 5.56 Å². The van der Waals surface area contributed by atoms with E-state index >= 15 is 0 Å². The Morgan fingerprint density at radius 3 is 2.39 bits per heavy atom. The lowest BCUT2D eigenvalue weighted by molar-refractivity contribution is -0.384. The number of nitro groups is 1. The third-order valence-electron chi connectivity index (χ3n) is 2.46. The summed E-state index contributed by atoms with van der Waals surface area (Å²) in [6.07, 6.45) is 1.39. The Bertz CT molecular complexity index is 712. The second kappa shape index (κ2) is 4.28. The van der Waals surface area contributed by atoms with E-state index in [0.717, 1.165) is 0 Å². The highest BCUT2D eigenvalue weighted by Gasteiger charge is 2.07. The van der Waals surface area contributed by atoms with Gasteiger partial charge in [0.25, 0.3) is 11.2 Å².